The summed E-state index contributed by atoms with van der Waals surface area (Å²) < 4.78 is 5.12. The molecular formula is C10H19NO2. The van der Waals surface area contributed by atoms with Gasteiger partial charge < -0.3 is 10.5 Å². The fraction of sp³-hybridized carbons (Fsp3) is 0.900. The predicted molar refractivity (Wildman–Crippen MR) is 51.2 cm³/mol. The van der Waals surface area contributed by atoms with Crippen molar-refractivity contribution in [2.75, 3.05) is 13.2 Å². The van der Waals surface area contributed by atoms with Gasteiger partial charge in [-0.15, -0.1) is 0 Å². The van der Waals surface area contributed by atoms with E-state index in [1.165, 1.54) is 32.1 Å². The lowest BCUT2D eigenvalue weighted by molar-refractivity contribution is -0.122. The third kappa shape index (κ3) is 4.88. The van der Waals surface area contributed by atoms with E-state index in [1.54, 1.807) is 0 Å². The molecule has 0 unspecified atom stereocenters. The number of ether oxygens (including phenoxy) is 1. The van der Waals surface area contributed by atoms with E-state index in [0.29, 0.717) is 6.61 Å². The molecule has 1 fully saturated rings. The van der Waals surface area contributed by atoms with Crippen LogP contribution in [0.5, 0.6) is 0 Å². The molecule has 1 rings (SSSR count). The van der Waals surface area contributed by atoms with Crippen LogP contribution in [0.3, 0.4) is 0 Å². The summed E-state index contributed by atoms with van der Waals surface area (Å²) in [5, 5.41) is 0. The summed E-state index contributed by atoms with van der Waals surface area (Å²) in [5.74, 6) is 0.449. The lowest BCUT2D eigenvalue weighted by atomic mass is 9.87. The minimum atomic E-state index is -0.372. The molecule has 13 heavy (non-hydrogen) atoms. The number of rotatable bonds is 5. The molecule has 3 nitrogen and oxygen atoms in total. The molecule has 1 saturated carbocycles. The molecule has 3 heteroatoms. The predicted octanol–water partition coefficient (Wildman–Crippen LogP) is 1.46. The van der Waals surface area contributed by atoms with Crippen LogP contribution in [-0.2, 0) is 9.53 Å². The van der Waals surface area contributed by atoms with E-state index in [0.717, 1.165) is 12.3 Å². The Morgan fingerprint density at radius 1 is 1.31 bits per heavy atom. The van der Waals surface area contributed by atoms with Crippen molar-refractivity contribution in [2.24, 2.45) is 11.7 Å². The molecule has 0 spiro atoms. The fourth-order valence-electron chi connectivity index (χ4n) is 1.90. The molecule has 1 aliphatic carbocycles. The zero-order chi connectivity index (χ0) is 9.52. The minimum absolute atomic E-state index is 0.0761. The van der Waals surface area contributed by atoms with E-state index in [2.05, 4.69) is 0 Å². The average Bonchev–Trinajstić information content (AvgIpc) is 2.14. The van der Waals surface area contributed by atoms with Crippen LogP contribution in [-0.4, -0.2) is 19.1 Å². The second-order valence-electron chi connectivity index (χ2n) is 3.81. The Labute approximate surface area is 79.6 Å². The smallest absolute Gasteiger partial charge is 0.243 e. The van der Waals surface area contributed by atoms with Crippen molar-refractivity contribution in [3.8, 4) is 0 Å². The largest absolute Gasteiger partial charge is 0.372 e. The maximum absolute atomic E-state index is 10.3. The Kier molecular flexibility index (Phi) is 4.83. The van der Waals surface area contributed by atoms with Gasteiger partial charge in [0.15, 0.2) is 0 Å². The van der Waals surface area contributed by atoms with Gasteiger partial charge in [-0.05, 0) is 12.3 Å². The first-order valence-electron chi connectivity index (χ1n) is 5.15. The Hall–Kier alpha value is -0.570. The molecule has 0 aliphatic heterocycles. The minimum Gasteiger partial charge on any atom is -0.372 e. The number of nitrogens with two attached hydrogens (primary N) is 1. The van der Waals surface area contributed by atoms with Crippen LogP contribution in [0, 0.1) is 5.92 Å². The maximum atomic E-state index is 10.3. The van der Waals surface area contributed by atoms with Crippen LogP contribution in [0.25, 0.3) is 0 Å². The van der Waals surface area contributed by atoms with Gasteiger partial charge in [0.1, 0.15) is 6.61 Å². The zero-order valence-corrected chi connectivity index (χ0v) is 8.13. The van der Waals surface area contributed by atoms with E-state index < -0.39 is 0 Å². The van der Waals surface area contributed by atoms with Crippen LogP contribution >= 0.6 is 0 Å². The van der Waals surface area contributed by atoms with Gasteiger partial charge >= 0.3 is 0 Å². The van der Waals surface area contributed by atoms with Gasteiger partial charge in [-0.3, -0.25) is 4.79 Å². The SMILES string of the molecule is NC(=O)COCCC1CCCCC1. The lowest BCUT2D eigenvalue weighted by Crippen LogP contribution is -2.19. The number of amides is 1. The molecule has 0 aromatic rings. The highest BCUT2D eigenvalue weighted by Crippen LogP contribution is 2.25. The molecule has 0 heterocycles. The van der Waals surface area contributed by atoms with Crippen molar-refractivity contribution in [1.82, 2.24) is 0 Å². The average molecular weight is 185 g/mol. The molecule has 0 bridgehead atoms. The Morgan fingerprint density at radius 2 is 2.00 bits per heavy atom. The molecule has 0 aromatic heterocycles. The van der Waals surface area contributed by atoms with Crippen LogP contribution in [0.2, 0.25) is 0 Å². The van der Waals surface area contributed by atoms with Gasteiger partial charge in [0, 0.05) is 6.61 Å². The summed E-state index contributed by atoms with van der Waals surface area (Å²) in [6.07, 6.45) is 7.87. The van der Waals surface area contributed by atoms with Crippen LogP contribution in [0.4, 0.5) is 0 Å². The third-order valence-corrected chi connectivity index (χ3v) is 2.64. The van der Waals surface area contributed by atoms with Crippen LogP contribution < -0.4 is 5.73 Å². The molecule has 0 atom stereocenters. The molecule has 0 saturated heterocycles. The van der Waals surface area contributed by atoms with Crippen molar-refractivity contribution >= 4 is 5.91 Å². The normalized spacial score (nSPS) is 18.8. The number of hydrogen-bond donors (Lipinski definition) is 1. The molecule has 1 aliphatic rings. The van der Waals surface area contributed by atoms with E-state index in [-0.39, 0.29) is 12.5 Å². The van der Waals surface area contributed by atoms with Crippen LogP contribution in [0.1, 0.15) is 38.5 Å². The summed E-state index contributed by atoms with van der Waals surface area (Å²) >= 11 is 0. The van der Waals surface area contributed by atoms with Gasteiger partial charge in [-0.1, -0.05) is 32.1 Å². The molecule has 2 N–H and O–H groups in total. The van der Waals surface area contributed by atoms with Crippen molar-refractivity contribution in [3.63, 3.8) is 0 Å². The van der Waals surface area contributed by atoms with Crippen LogP contribution in [0.15, 0.2) is 0 Å². The topological polar surface area (TPSA) is 52.3 Å². The fourth-order valence-corrected chi connectivity index (χ4v) is 1.90. The second kappa shape index (κ2) is 5.97. The summed E-state index contributed by atoms with van der Waals surface area (Å²) in [4.78, 5) is 10.3. The van der Waals surface area contributed by atoms with Gasteiger partial charge in [0.2, 0.25) is 5.91 Å². The molecule has 76 valence electrons. The van der Waals surface area contributed by atoms with Crippen molar-refractivity contribution in [2.45, 2.75) is 38.5 Å². The Morgan fingerprint density at radius 3 is 2.62 bits per heavy atom. The number of carbonyl (C=O) groups is 1. The standard InChI is InChI=1S/C10H19NO2/c11-10(12)8-13-7-6-9-4-2-1-3-5-9/h9H,1-8H2,(H2,11,12). The van der Waals surface area contributed by atoms with E-state index in [9.17, 15) is 4.79 Å². The van der Waals surface area contributed by atoms with Gasteiger partial charge in [-0.2, -0.15) is 0 Å². The highest BCUT2D eigenvalue weighted by molar-refractivity contribution is 5.74. The molecule has 0 aromatic carbocycles. The highest BCUT2D eigenvalue weighted by atomic mass is 16.5. The quantitative estimate of drug-likeness (QED) is 0.659. The number of primary amides is 1. The lowest BCUT2D eigenvalue weighted by Gasteiger charge is -2.20. The Bertz CT molecular complexity index is 153. The van der Waals surface area contributed by atoms with E-state index in [1.807, 2.05) is 0 Å². The van der Waals surface area contributed by atoms with Gasteiger partial charge in [-0.25, -0.2) is 0 Å². The molecule has 0 radical (unpaired) electrons. The summed E-state index contributed by atoms with van der Waals surface area (Å²) in [6, 6.07) is 0. The van der Waals surface area contributed by atoms with Gasteiger partial charge in [0.05, 0.1) is 0 Å². The number of carbonyl (C=O) groups excluding carboxylic acids is 1. The first-order chi connectivity index (χ1) is 6.29. The first kappa shape index (κ1) is 10.5. The number of hydrogen-bond acceptors (Lipinski definition) is 2. The summed E-state index contributed by atoms with van der Waals surface area (Å²) in [5.41, 5.74) is 4.95. The van der Waals surface area contributed by atoms with E-state index in [4.69, 9.17) is 10.5 Å². The first-order valence-corrected chi connectivity index (χ1v) is 5.15. The van der Waals surface area contributed by atoms with E-state index >= 15 is 0 Å². The maximum Gasteiger partial charge on any atom is 0.243 e. The van der Waals surface area contributed by atoms with Gasteiger partial charge in [0.25, 0.3) is 0 Å². The third-order valence-electron chi connectivity index (χ3n) is 2.64. The summed E-state index contributed by atoms with van der Waals surface area (Å²) in [7, 11) is 0. The second-order valence-corrected chi connectivity index (χ2v) is 3.81. The monoisotopic (exact) mass is 185 g/mol. The van der Waals surface area contributed by atoms with Crippen molar-refractivity contribution < 1.29 is 9.53 Å². The molecule has 1 amide bonds. The zero-order valence-electron chi connectivity index (χ0n) is 8.13. The Balaban J connectivity index is 1.95. The van der Waals surface area contributed by atoms with Crippen molar-refractivity contribution in [1.29, 1.82) is 0 Å². The molecular weight excluding hydrogens is 166 g/mol. The summed E-state index contributed by atoms with van der Waals surface area (Å²) in [6.45, 7) is 0.764. The van der Waals surface area contributed by atoms with Crippen molar-refractivity contribution in [3.05, 3.63) is 0 Å². The highest BCUT2D eigenvalue weighted by Gasteiger charge is 2.12.